The fraction of sp³-hybridized carbons (Fsp3) is 0.263. The maximum atomic E-state index is 12.5. The standard InChI is InChI=1S/C19H20O5/c1-12-8-10-14(11-9-12)18(20)13(2)24-19(21)17-15(22-3)6-5-7-16(17)23-4/h5-11,13H,1-4H3/t13-/m1/s1. The van der Waals surface area contributed by atoms with Crippen molar-refractivity contribution in [2.45, 2.75) is 20.0 Å². The predicted molar refractivity (Wildman–Crippen MR) is 89.9 cm³/mol. The number of rotatable bonds is 6. The maximum Gasteiger partial charge on any atom is 0.346 e. The number of esters is 1. The summed E-state index contributed by atoms with van der Waals surface area (Å²) in [5, 5.41) is 0. The lowest BCUT2D eigenvalue weighted by molar-refractivity contribution is 0.0313. The highest BCUT2D eigenvalue weighted by Gasteiger charge is 2.25. The quantitative estimate of drug-likeness (QED) is 0.600. The first-order valence-corrected chi connectivity index (χ1v) is 7.50. The second-order valence-corrected chi connectivity index (χ2v) is 5.32. The van der Waals surface area contributed by atoms with Crippen molar-refractivity contribution in [1.82, 2.24) is 0 Å². The SMILES string of the molecule is COc1cccc(OC)c1C(=O)O[C@H](C)C(=O)c1ccc(C)cc1. The summed E-state index contributed by atoms with van der Waals surface area (Å²) >= 11 is 0. The molecule has 0 aromatic heterocycles. The molecule has 0 saturated carbocycles. The van der Waals surface area contributed by atoms with E-state index >= 15 is 0 Å². The van der Waals surface area contributed by atoms with Crippen LogP contribution in [0.15, 0.2) is 42.5 Å². The average molecular weight is 328 g/mol. The first-order valence-electron chi connectivity index (χ1n) is 7.50. The van der Waals surface area contributed by atoms with Gasteiger partial charge in [0.15, 0.2) is 6.10 Å². The van der Waals surface area contributed by atoms with Crippen LogP contribution in [0.25, 0.3) is 0 Å². The zero-order valence-electron chi connectivity index (χ0n) is 14.2. The number of hydrogen-bond donors (Lipinski definition) is 0. The summed E-state index contributed by atoms with van der Waals surface area (Å²) < 4.78 is 15.7. The summed E-state index contributed by atoms with van der Waals surface area (Å²) in [6.45, 7) is 3.48. The Morgan fingerprint density at radius 2 is 1.46 bits per heavy atom. The van der Waals surface area contributed by atoms with Gasteiger partial charge < -0.3 is 14.2 Å². The Bertz CT molecular complexity index is 712. The molecule has 0 unspecified atom stereocenters. The molecule has 126 valence electrons. The first-order chi connectivity index (χ1) is 11.5. The fourth-order valence-electron chi connectivity index (χ4n) is 2.28. The number of ether oxygens (including phenoxy) is 3. The lowest BCUT2D eigenvalue weighted by Crippen LogP contribution is -2.25. The van der Waals surface area contributed by atoms with Crippen LogP contribution in [0.2, 0.25) is 0 Å². The minimum absolute atomic E-state index is 0.158. The van der Waals surface area contributed by atoms with Crippen LogP contribution in [0, 0.1) is 6.92 Å². The molecule has 5 heteroatoms. The molecule has 2 aromatic carbocycles. The van der Waals surface area contributed by atoms with Gasteiger partial charge in [-0.1, -0.05) is 35.9 Å². The van der Waals surface area contributed by atoms with E-state index < -0.39 is 12.1 Å². The zero-order chi connectivity index (χ0) is 17.7. The van der Waals surface area contributed by atoms with Gasteiger partial charge in [0, 0.05) is 5.56 Å². The minimum atomic E-state index is -0.921. The third-order valence-electron chi connectivity index (χ3n) is 3.62. The van der Waals surface area contributed by atoms with Crippen molar-refractivity contribution in [1.29, 1.82) is 0 Å². The highest BCUT2D eigenvalue weighted by molar-refractivity contribution is 6.02. The van der Waals surface area contributed by atoms with E-state index in [-0.39, 0.29) is 11.3 Å². The molecule has 0 bridgehead atoms. The third-order valence-corrected chi connectivity index (χ3v) is 3.62. The Labute approximate surface area is 141 Å². The molecule has 1 atom stereocenters. The first kappa shape index (κ1) is 17.5. The Hall–Kier alpha value is -2.82. The molecule has 2 aromatic rings. The van der Waals surface area contributed by atoms with Gasteiger partial charge in [-0.15, -0.1) is 0 Å². The Kier molecular flexibility index (Phi) is 5.58. The summed E-state index contributed by atoms with van der Waals surface area (Å²) in [6.07, 6.45) is -0.921. The van der Waals surface area contributed by atoms with Gasteiger partial charge in [0.2, 0.25) is 5.78 Å². The monoisotopic (exact) mass is 328 g/mol. The molecule has 5 nitrogen and oxygen atoms in total. The molecule has 0 aliphatic heterocycles. The average Bonchev–Trinajstić information content (AvgIpc) is 2.60. The van der Waals surface area contributed by atoms with E-state index in [4.69, 9.17) is 14.2 Å². The smallest absolute Gasteiger partial charge is 0.346 e. The summed E-state index contributed by atoms with van der Waals surface area (Å²) in [4.78, 5) is 24.9. The number of methoxy groups -OCH3 is 2. The molecule has 0 fully saturated rings. The summed E-state index contributed by atoms with van der Waals surface area (Å²) in [6, 6.07) is 12.1. The van der Waals surface area contributed by atoms with Crippen LogP contribution >= 0.6 is 0 Å². The van der Waals surface area contributed by atoms with Gasteiger partial charge in [0.1, 0.15) is 17.1 Å². The summed E-state index contributed by atoms with van der Waals surface area (Å²) in [5.41, 5.74) is 1.70. The number of ketones is 1. The van der Waals surface area contributed by atoms with Crippen LogP contribution in [-0.4, -0.2) is 32.1 Å². The maximum absolute atomic E-state index is 12.5. The van der Waals surface area contributed by atoms with Gasteiger partial charge >= 0.3 is 5.97 Å². The Morgan fingerprint density at radius 3 is 1.96 bits per heavy atom. The van der Waals surface area contributed by atoms with Crippen molar-refractivity contribution in [3.8, 4) is 11.5 Å². The van der Waals surface area contributed by atoms with Crippen molar-refractivity contribution >= 4 is 11.8 Å². The highest BCUT2D eigenvalue weighted by Crippen LogP contribution is 2.29. The topological polar surface area (TPSA) is 61.8 Å². The van der Waals surface area contributed by atoms with E-state index in [0.717, 1.165) is 5.56 Å². The van der Waals surface area contributed by atoms with Crippen LogP contribution in [0.4, 0.5) is 0 Å². The molecule has 0 radical (unpaired) electrons. The molecule has 0 saturated heterocycles. The normalized spacial score (nSPS) is 11.5. The molecule has 0 aliphatic rings. The Morgan fingerprint density at radius 1 is 0.917 bits per heavy atom. The van der Waals surface area contributed by atoms with Crippen LogP contribution in [0.3, 0.4) is 0 Å². The number of aryl methyl sites for hydroxylation is 1. The lowest BCUT2D eigenvalue weighted by atomic mass is 10.1. The summed E-state index contributed by atoms with van der Waals surface area (Å²) in [5.74, 6) is -0.279. The molecular formula is C19H20O5. The van der Waals surface area contributed by atoms with Crippen molar-refractivity contribution < 1.29 is 23.8 Å². The van der Waals surface area contributed by atoms with Crippen molar-refractivity contribution in [3.63, 3.8) is 0 Å². The van der Waals surface area contributed by atoms with E-state index in [1.165, 1.54) is 14.2 Å². The fourth-order valence-corrected chi connectivity index (χ4v) is 2.28. The number of carbonyl (C=O) groups is 2. The molecule has 0 spiro atoms. The van der Waals surface area contributed by atoms with E-state index in [2.05, 4.69) is 0 Å². The lowest BCUT2D eigenvalue weighted by Gasteiger charge is -2.16. The van der Waals surface area contributed by atoms with E-state index in [0.29, 0.717) is 17.1 Å². The molecule has 0 N–H and O–H groups in total. The van der Waals surface area contributed by atoms with Crippen LogP contribution < -0.4 is 9.47 Å². The molecule has 0 aliphatic carbocycles. The molecule has 2 rings (SSSR count). The summed E-state index contributed by atoms with van der Waals surface area (Å²) in [7, 11) is 2.90. The van der Waals surface area contributed by atoms with Gasteiger partial charge in [-0.2, -0.15) is 0 Å². The number of hydrogen-bond acceptors (Lipinski definition) is 5. The van der Waals surface area contributed by atoms with Crippen molar-refractivity contribution in [2.24, 2.45) is 0 Å². The van der Waals surface area contributed by atoms with E-state index in [1.54, 1.807) is 37.3 Å². The predicted octanol–water partition coefficient (Wildman–Crippen LogP) is 3.44. The largest absolute Gasteiger partial charge is 0.496 e. The van der Waals surface area contributed by atoms with Crippen LogP contribution in [-0.2, 0) is 4.74 Å². The second-order valence-electron chi connectivity index (χ2n) is 5.32. The van der Waals surface area contributed by atoms with Gasteiger partial charge in [-0.3, -0.25) is 4.79 Å². The number of carbonyl (C=O) groups excluding carboxylic acids is 2. The molecule has 0 heterocycles. The van der Waals surface area contributed by atoms with Gasteiger partial charge in [-0.25, -0.2) is 4.79 Å². The van der Waals surface area contributed by atoms with Crippen LogP contribution in [0.5, 0.6) is 11.5 Å². The zero-order valence-corrected chi connectivity index (χ0v) is 14.2. The Balaban J connectivity index is 2.20. The minimum Gasteiger partial charge on any atom is -0.496 e. The molecular weight excluding hydrogens is 308 g/mol. The number of Topliss-reactive ketones (excluding diaryl/α,β-unsaturated/α-hetero) is 1. The van der Waals surface area contributed by atoms with Gasteiger partial charge in [-0.05, 0) is 26.0 Å². The second kappa shape index (κ2) is 7.64. The number of benzene rings is 2. The van der Waals surface area contributed by atoms with Gasteiger partial charge in [0.25, 0.3) is 0 Å². The molecule has 24 heavy (non-hydrogen) atoms. The van der Waals surface area contributed by atoms with E-state index in [1.807, 2.05) is 19.1 Å². The van der Waals surface area contributed by atoms with Crippen molar-refractivity contribution in [2.75, 3.05) is 14.2 Å². The highest BCUT2D eigenvalue weighted by atomic mass is 16.6. The van der Waals surface area contributed by atoms with Gasteiger partial charge in [0.05, 0.1) is 14.2 Å². The van der Waals surface area contributed by atoms with Crippen LogP contribution in [0.1, 0.15) is 33.2 Å². The van der Waals surface area contributed by atoms with Crippen molar-refractivity contribution in [3.05, 3.63) is 59.2 Å². The molecule has 0 amide bonds. The third kappa shape index (κ3) is 3.74. The van der Waals surface area contributed by atoms with E-state index in [9.17, 15) is 9.59 Å².